The lowest BCUT2D eigenvalue weighted by atomic mass is 9.87. The Labute approximate surface area is 293 Å². The third-order valence-electron chi connectivity index (χ3n) is 10.0. The average molecular weight is 638 g/mol. The van der Waals surface area contributed by atoms with Crippen LogP contribution in [0.1, 0.15) is 28.3 Å². The van der Waals surface area contributed by atoms with Gasteiger partial charge in [-0.3, -0.25) is 4.99 Å². The number of aliphatic imine (C=N–C) groups is 1. The normalized spacial score (nSPS) is 14.5. The molecule has 0 aliphatic carbocycles. The van der Waals surface area contributed by atoms with E-state index < -0.39 is 0 Å². The van der Waals surface area contributed by atoms with Gasteiger partial charge in [-0.1, -0.05) is 182 Å². The molecule has 0 amide bonds. The van der Waals surface area contributed by atoms with Crippen molar-refractivity contribution in [3.05, 3.63) is 210 Å². The topological polar surface area (TPSA) is 12.4 Å². The first-order valence-electron chi connectivity index (χ1n) is 17.3. The van der Waals surface area contributed by atoms with Crippen LogP contribution in [0.15, 0.2) is 193 Å². The summed E-state index contributed by atoms with van der Waals surface area (Å²) in [5, 5.41) is 7.75. The minimum absolute atomic E-state index is 0.165. The third-order valence-corrected chi connectivity index (χ3v) is 10.0. The molecule has 8 aromatic rings. The third kappa shape index (κ3) is 5.34. The van der Waals surface area contributed by atoms with Crippen molar-refractivity contribution in [2.75, 3.05) is 0 Å². The van der Waals surface area contributed by atoms with Crippen molar-refractivity contribution in [1.82, 2.24) is 0 Å². The Morgan fingerprint density at radius 1 is 0.420 bits per heavy atom. The van der Waals surface area contributed by atoms with Crippen LogP contribution < -0.4 is 0 Å². The highest BCUT2D eigenvalue weighted by atomic mass is 14.8. The molecule has 1 atom stereocenters. The highest BCUT2D eigenvalue weighted by Crippen LogP contribution is 2.42. The molecule has 1 aliphatic heterocycles. The van der Waals surface area contributed by atoms with Crippen LogP contribution in [0.2, 0.25) is 0 Å². The van der Waals surface area contributed by atoms with Gasteiger partial charge in [0.15, 0.2) is 0 Å². The van der Waals surface area contributed by atoms with Gasteiger partial charge < -0.3 is 0 Å². The molecule has 0 radical (unpaired) electrons. The maximum Gasteiger partial charge on any atom is 0.0947 e. The lowest BCUT2D eigenvalue weighted by Gasteiger charge is -2.18. The van der Waals surface area contributed by atoms with Gasteiger partial charge in [0, 0.05) is 0 Å². The molecule has 0 bridgehead atoms. The molecule has 1 heterocycles. The molecule has 8 aromatic carbocycles. The maximum absolute atomic E-state index is 5.44. The maximum atomic E-state index is 5.44. The van der Waals surface area contributed by atoms with Gasteiger partial charge in [0.1, 0.15) is 0 Å². The minimum Gasteiger partial charge on any atom is -0.272 e. The molecule has 1 heteroatoms. The second-order valence-corrected chi connectivity index (χ2v) is 13.1. The quantitative estimate of drug-likeness (QED) is 0.167. The van der Waals surface area contributed by atoms with Gasteiger partial charge in [0.2, 0.25) is 0 Å². The standard InChI is InChI=1S/C49H35N/c1-33-24-27-43-44-28-25-37(31-47(44)42-22-11-10-21-41(42)46(43)30-33)38-18-8-9-19-39(38)40-20-12-13-23-45(40)48-29-26-36(34-14-4-2-5-15-34)32-49(50-48)35-16-6-3-7-17-35/h2-32,48H,1H3. The van der Waals surface area contributed by atoms with Crippen LogP contribution in [0.4, 0.5) is 0 Å². The lowest BCUT2D eigenvalue weighted by Crippen LogP contribution is -2.02. The van der Waals surface area contributed by atoms with Crippen LogP contribution in [0.5, 0.6) is 0 Å². The highest BCUT2D eigenvalue weighted by molar-refractivity contribution is 6.26. The Morgan fingerprint density at radius 3 is 1.72 bits per heavy atom. The Hall–Kier alpha value is -6.31. The van der Waals surface area contributed by atoms with Crippen molar-refractivity contribution >= 4 is 43.6 Å². The van der Waals surface area contributed by atoms with Gasteiger partial charge in [-0.25, -0.2) is 0 Å². The Balaban J connectivity index is 1.20. The van der Waals surface area contributed by atoms with Crippen LogP contribution in [-0.4, -0.2) is 5.71 Å². The smallest absolute Gasteiger partial charge is 0.0947 e. The fourth-order valence-electron chi connectivity index (χ4n) is 7.58. The van der Waals surface area contributed by atoms with Gasteiger partial charge in [-0.05, 0) is 95.9 Å². The van der Waals surface area contributed by atoms with E-state index in [1.54, 1.807) is 0 Å². The first-order valence-corrected chi connectivity index (χ1v) is 17.3. The number of fused-ring (bicyclic) bond motifs is 6. The molecule has 1 aliphatic rings. The molecular weight excluding hydrogens is 603 g/mol. The van der Waals surface area contributed by atoms with E-state index in [2.05, 4.69) is 195 Å². The van der Waals surface area contributed by atoms with Crippen LogP contribution >= 0.6 is 0 Å². The van der Waals surface area contributed by atoms with Crippen molar-refractivity contribution in [2.45, 2.75) is 13.0 Å². The lowest BCUT2D eigenvalue weighted by molar-refractivity contribution is 0.918. The Bertz CT molecular complexity index is 2620. The number of allylic oxidation sites excluding steroid dienone is 3. The molecule has 0 saturated carbocycles. The minimum atomic E-state index is -0.165. The predicted octanol–water partition coefficient (Wildman–Crippen LogP) is 13.0. The SMILES string of the molecule is Cc1ccc2c3ccc(-c4ccccc4-c4ccccc4C4C=CC(c5ccccc5)=CC(c5ccccc5)=N4)cc3c3ccccc3c2c1. The molecule has 0 spiro atoms. The van der Waals surface area contributed by atoms with Crippen molar-refractivity contribution in [3.8, 4) is 22.3 Å². The van der Waals surface area contributed by atoms with Crippen LogP contribution in [0.3, 0.4) is 0 Å². The second kappa shape index (κ2) is 12.6. The highest BCUT2D eigenvalue weighted by Gasteiger charge is 2.20. The molecule has 0 aromatic heterocycles. The Kier molecular flexibility index (Phi) is 7.52. The number of hydrogen-bond donors (Lipinski definition) is 0. The zero-order valence-electron chi connectivity index (χ0n) is 27.9. The van der Waals surface area contributed by atoms with Crippen molar-refractivity contribution in [3.63, 3.8) is 0 Å². The summed E-state index contributed by atoms with van der Waals surface area (Å²) in [5.74, 6) is 0. The van der Waals surface area contributed by atoms with Crippen LogP contribution in [0, 0.1) is 6.92 Å². The summed E-state index contributed by atoms with van der Waals surface area (Å²) in [7, 11) is 0. The molecule has 236 valence electrons. The average Bonchev–Trinajstić information content (AvgIpc) is 3.42. The molecule has 0 fully saturated rings. The summed E-state index contributed by atoms with van der Waals surface area (Å²) in [6.45, 7) is 2.17. The van der Waals surface area contributed by atoms with E-state index in [4.69, 9.17) is 4.99 Å². The van der Waals surface area contributed by atoms with Gasteiger partial charge >= 0.3 is 0 Å². The van der Waals surface area contributed by atoms with E-state index >= 15 is 0 Å². The molecule has 1 nitrogen and oxygen atoms in total. The first kappa shape index (κ1) is 29.8. The summed E-state index contributed by atoms with van der Waals surface area (Å²) in [6, 6.07) is 61.2. The van der Waals surface area contributed by atoms with E-state index in [-0.39, 0.29) is 6.04 Å². The fraction of sp³-hybridized carbons (Fsp3) is 0.0408. The number of benzene rings is 8. The van der Waals surface area contributed by atoms with Crippen molar-refractivity contribution in [2.24, 2.45) is 4.99 Å². The van der Waals surface area contributed by atoms with Gasteiger partial charge in [-0.2, -0.15) is 0 Å². The van der Waals surface area contributed by atoms with E-state index in [0.29, 0.717) is 0 Å². The first-order chi connectivity index (χ1) is 24.7. The Morgan fingerprint density at radius 2 is 0.980 bits per heavy atom. The second-order valence-electron chi connectivity index (χ2n) is 13.1. The summed E-state index contributed by atoms with van der Waals surface area (Å²) >= 11 is 0. The molecule has 1 unspecified atom stereocenters. The van der Waals surface area contributed by atoms with Gasteiger partial charge in [0.05, 0.1) is 11.8 Å². The summed E-state index contributed by atoms with van der Waals surface area (Å²) in [5.41, 5.74) is 11.7. The number of aryl methyl sites for hydroxylation is 1. The summed E-state index contributed by atoms with van der Waals surface area (Å²) < 4.78 is 0. The summed E-state index contributed by atoms with van der Waals surface area (Å²) in [6.07, 6.45) is 6.72. The van der Waals surface area contributed by atoms with E-state index in [9.17, 15) is 0 Å². The number of rotatable bonds is 5. The van der Waals surface area contributed by atoms with Gasteiger partial charge in [-0.15, -0.1) is 0 Å². The van der Waals surface area contributed by atoms with E-state index in [0.717, 1.165) is 16.8 Å². The van der Waals surface area contributed by atoms with Crippen LogP contribution in [0.25, 0.3) is 60.1 Å². The molecule has 50 heavy (non-hydrogen) atoms. The molecule has 0 saturated heterocycles. The largest absolute Gasteiger partial charge is 0.272 e. The van der Waals surface area contributed by atoms with E-state index in [1.807, 2.05) is 0 Å². The van der Waals surface area contributed by atoms with E-state index in [1.165, 1.54) is 71.3 Å². The zero-order chi connectivity index (χ0) is 33.4. The van der Waals surface area contributed by atoms with Gasteiger partial charge in [0.25, 0.3) is 0 Å². The monoisotopic (exact) mass is 637 g/mol. The van der Waals surface area contributed by atoms with Crippen LogP contribution in [-0.2, 0) is 0 Å². The predicted molar refractivity (Wildman–Crippen MR) is 214 cm³/mol. The summed E-state index contributed by atoms with van der Waals surface area (Å²) in [4.78, 5) is 5.44. The van der Waals surface area contributed by atoms with Crippen molar-refractivity contribution < 1.29 is 0 Å². The number of hydrogen-bond acceptors (Lipinski definition) is 1. The fourth-order valence-corrected chi connectivity index (χ4v) is 7.58. The molecular formula is C49H35N. The zero-order valence-corrected chi connectivity index (χ0v) is 27.9. The van der Waals surface area contributed by atoms with Crippen molar-refractivity contribution in [1.29, 1.82) is 0 Å². The molecule has 0 N–H and O–H groups in total. The molecule has 9 rings (SSSR count). The number of nitrogens with zero attached hydrogens (tertiary/aromatic N) is 1.